The van der Waals surface area contributed by atoms with E-state index in [0.717, 1.165) is 39.2 Å². The number of nitrogens with one attached hydrogen (secondary N) is 1. The van der Waals surface area contributed by atoms with Gasteiger partial charge in [0.25, 0.3) is 5.91 Å². The Hall–Kier alpha value is -3.44. The lowest BCUT2D eigenvalue weighted by Gasteiger charge is -2.08. The van der Waals surface area contributed by atoms with Crippen LogP contribution in [0.2, 0.25) is 5.02 Å². The molecule has 0 atom stereocenters. The van der Waals surface area contributed by atoms with Gasteiger partial charge in [0.2, 0.25) is 5.82 Å². The predicted molar refractivity (Wildman–Crippen MR) is 125 cm³/mol. The van der Waals surface area contributed by atoms with Crippen LogP contribution < -0.4 is 5.32 Å². The molecule has 3 aromatic carbocycles. The molecular weight excluding hydrogens is 408 g/mol. The molecule has 0 radical (unpaired) electrons. The number of nitrogens with zero attached hydrogens (tertiary/aromatic N) is 3. The van der Waals surface area contributed by atoms with Gasteiger partial charge in [0, 0.05) is 16.3 Å². The van der Waals surface area contributed by atoms with Crippen LogP contribution in [0.5, 0.6) is 0 Å². The van der Waals surface area contributed by atoms with E-state index < -0.39 is 0 Å². The number of benzene rings is 3. The molecule has 5 nitrogen and oxygen atoms in total. The van der Waals surface area contributed by atoms with Crippen LogP contribution in [0.25, 0.3) is 17.1 Å². The SMILES string of the molecule is Cc1cccc(-c2nc(C(=O)Nc3cc(C)ccc3C)nn2-c2ccc(C)c(Cl)c2)c1. The van der Waals surface area contributed by atoms with Crippen LogP contribution in [0.4, 0.5) is 5.69 Å². The molecule has 0 saturated carbocycles. The van der Waals surface area contributed by atoms with E-state index in [-0.39, 0.29) is 11.7 Å². The molecule has 0 spiro atoms. The lowest BCUT2D eigenvalue weighted by molar-refractivity contribution is 0.101. The Balaban J connectivity index is 1.80. The van der Waals surface area contributed by atoms with Gasteiger partial charge in [-0.2, -0.15) is 0 Å². The van der Waals surface area contributed by atoms with E-state index in [1.807, 2.05) is 88.4 Å². The number of amides is 1. The van der Waals surface area contributed by atoms with Crippen LogP contribution >= 0.6 is 11.6 Å². The first-order valence-corrected chi connectivity index (χ1v) is 10.4. The molecule has 4 aromatic rings. The maximum Gasteiger partial charge on any atom is 0.295 e. The first kappa shape index (κ1) is 20.8. The van der Waals surface area contributed by atoms with Gasteiger partial charge in [-0.1, -0.05) is 53.6 Å². The fraction of sp³-hybridized carbons (Fsp3) is 0.160. The maximum absolute atomic E-state index is 13.0. The van der Waals surface area contributed by atoms with Crippen molar-refractivity contribution in [2.24, 2.45) is 0 Å². The van der Waals surface area contributed by atoms with Crippen molar-refractivity contribution in [3.8, 4) is 17.1 Å². The van der Waals surface area contributed by atoms with Crippen LogP contribution in [0.1, 0.15) is 32.9 Å². The normalized spacial score (nSPS) is 10.9. The summed E-state index contributed by atoms with van der Waals surface area (Å²) in [4.78, 5) is 17.6. The van der Waals surface area contributed by atoms with E-state index >= 15 is 0 Å². The van der Waals surface area contributed by atoms with E-state index in [9.17, 15) is 4.79 Å². The number of aromatic nitrogens is 3. The molecule has 0 aliphatic rings. The molecule has 1 N–H and O–H groups in total. The van der Waals surface area contributed by atoms with Gasteiger partial charge in [-0.15, -0.1) is 5.10 Å². The Kier molecular flexibility index (Phi) is 5.61. The predicted octanol–water partition coefficient (Wildman–Crippen LogP) is 6.07. The molecule has 0 bridgehead atoms. The zero-order valence-electron chi connectivity index (χ0n) is 17.9. The molecule has 1 heterocycles. The van der Waals surface area contributed by atoms with Crippen molar-refractivity contribution >= 4 is 23.2 Å². The van der Waals surface area contributed by atoms with Gasteiger partial charge >= 0.3 is 0 Å². The Morgan fingerprint density at radius 1 is 0.903 bits per heavy atom. The summed E-state index contributed by atoms with van der Waals surface area (Å²) in [5, 5.41) is 8.11. The summed E-state index contributed by atoms with van der Waals surface area (Å²) in [5.74, 6) is 0.309. The third-order valence-electron chi connectivity index (χ3n) is 5.13. The number of halogens is 1. The van der Waals surface area contributed by atoms with Crippen LogP contribution in [0, 0.1) is 27.7 Å². The van der Waals surface area contributed by atoms with Gasteiger partial charge in [-0.25, -0.2) is 9.67 Å². The summed E-state index contributed by atoms with van der Waals surface area (Å²) >= 11 is 6.36. The first-order valence-electron chi connectivity index (χ1n) is 10.0. The minimum atomic E-state index is -0.362. The maximum atomic E-state index is 13.0. The minimum Gasteiger partial charge on any atom is -0.319 e. The summed E-state index contributed by atoms with van der Waals surface area (Å²) in [6, 6.07) is 19.5. The number of anilines is 1. The quantitative estimate of drug-likeness (QED) is 0.427. The molecule has 6 heteroatoms. The number of carbonyl (C=O) groups excluding carboxylic acids is 1. The van der Waals surface area contributed by atoms with Gasteiger partial charge in [0.1, 0.15) is 0 Å². The highest BCUT2D eigenvalue weighted by Crippen LogP contribution is 2.26. The number of carbonyl (C=O) groups is 1. The van der Waals surface area contributed by atoms with E-state index in [4.69, 9.17) is 11.6 Å². The number of rotatable bonds is 4. The smallest absolute Gasteiger partial charge is 0.295 e. The molecule has 0 unspecified atom stereocenters. The zero-order chi connectivity index (χ0) is 22.1. The van der Waals surface area contributed by atoms with Gasteiger partial charge in [0.15, 0.2) is 5.82 Å². The molecule has 1 amide bonds. The average molecular weight is 431 g/mol. The fourth-order valence-electron chi connectivity index (χ4n) is 3.32. The van der Waals surface area contributed by atoms with E-state index in [0.29, 0.717) is 10.8 Å². The summed E-state index contributed by atoms with van der Waals surface area (Å²) in [6.07, 6.45) is 0. The monoisotopic (exact) mass is 430 g/mol. The highest BCUT2D eigenvalue weighted by molar-refractivity contribution is 6.31. The highest BCUT2D eigenvalue weighted by Gasteiger charge is 2.20. The van der Waals surface area contributed by atoms with Crippen molar-refractivity contribution in [3.63, 3.8) is 0 Å². The molecule has 0 aliphatic heterocycles. The van der Waals surface area contributed by atoms with Crippen LogP contribution in [0.15, 0.2) is 60.7 Å². The number of hydrogen-bond acceptors (Lipinski definition) is 3. The third-order valence-corrected chi connectivity index (χ3v) is 5.53. The van der Waals surface area contributed by atoms with Crippen LogP contribution in [0.3, 0.4) is 0 Å². The van der Waals surface area contributed by atoms with Crippen molar-refractivity contribution in [1.29, 1.82) is 0 Å². The van der Waals surface area contributed by atoms with Crippen molar-refractivity contribution in [3.05, 3.63) is 93.8 Å². The molecule has 0 saturated heterocycles. The largest absolute Gasteiger partial charge is 0.319 e. The molecule has 4 rings (SSSR count). The Labute approximate surface area is 186 Å². The first-order chi connectivity index (χ1) is 14.8. The van der Waals surface area contributed by atoms with Gasteiger partial charge < -0.3 is 5.32 Å². The number of hydrogen-bond donors (Lipinski definition) is 1. The van der Waals surface area contributed by atoms with Gasteiger partial charge in [-0.3, -0.25) is 4.79 Å². The Morgan fingerprint density at radius 2 is 1.65 bits per heavy atom. The molecule has 156 valence electrons. The third kappa shape index (κ3) is 4.37. The van der Waals surface area contributed by atoms with Gasteiger partial charge in [0.05, 0.1) is 5.69 Å². The van der Waals surface area contributed by atoms with Crippen molar-refractivity contribution in [2.75, 3.05) is 5.32 Å². The topological polar surface area (TPSA) is 59.8 Å². The Morgan fingerprint density at radius 3 is 2.39 bits per heavy atom. The second kappa shape index (κ2) is 8.36. The summed E-state index contributed by atoms with van der Waals surface area (Å²) in [5.41, 5.74) is 6.46. The van der Waals surface area contributed by atoms with Crippen molar-refractivity contribution in [2.45, 2.75) is 27.7 Å². The van der Waals surface area contributed by atoms with Gasteiger partial charge in [-0.05, 0) is 68.7 Å². The number of aryl methyl sites for hydroxylation is 4. The van der Waals surface area contributed by atoms with E-state index in [1.54, 1.807) is 4.68 Å². The Bertz CT molecular complexity index is 1290. The molecular formula is C25H23ClN4O. The van der Waals surface area contributed by atoms with E-state index in [1.165, 1.54) is 0 Å². The summed E-state index contributed by atoms with van der Waals surface area (Å²) < 4.78 is 1.66. The minimum absolute atomic E-state index is 0.0918. The highest BCUT2D eigenvalue weighted by atomic mass is 35.5. The molecule has 0 fully saturated rings. The lowest BCUT2D eigenvalue weighted by atomic mass is 10.1. The second-order valence-corrected chi connectivity index (χ2v) is 8.15. The zero-order valence-corrected chi connectivity index (χ0v) is 18.7. The lowest BCUT2D eigenvalue weighted by Crippen LogP contribution is -2.15. The van der Waals surface area contributed by atoms with Crippen LogP contribution in [-0.2, 0) is 0 Å². The fourth-order valence-corrected chi connectivity index (χ4v) is 3.50. The van der Waals surface area contributed by atoms with Crippen molar-refractivity contribution < 1.29 is 4.79 Å². The van der Waals surface area contributed by atoms with Crippen molar-refractivity contribution in [1.82, 2.24) is 14.8 Å². The summed E-state index contributed by atoms with van der Waals surface area (Å²) in [6.45, 7) is 7.89. The summed E-state index contributed by atoms with van der Waals surface area (Å²) in [7, 11) is 0. The van der Waals surface area contributed by atoms with Crippen LogP contribution in [-0.4, -0.2) is 20.7 Å². The average Bonchev–Trinajstić information content (AvgIpc) is 3.18. The molecule has 0 aliphatic carbocycles. The second-order valence-electron chi connectivity index (χ2n) is 7.75. The standard InChI is InChI=1S/C25H23ClN4O/c1-15-6-5-7-19(12-15)24-28-23(25(31)27-22-13-16(2)8-9-18(22)4)29-30(24)20-11-10-17(3)21(26)14-20/h5-14H,1-4H3,(H,27,31). The molecule has 31 heavy (non-hydrogen) atoms. The molecule has 1 aromatic heterocycles. The van der Waals surface area contributed by atoms with E-state index in [2.05, 4.69) is 15.4 Å².